The molecule has 0 saturated heterocycles. The number of hydrogen-bond donors (Lipinski definition) is 3. The van der Waals surface area contributed by atoms with Gasteiger partial charge in [0.25, 0.3) is 0 Å². The summed E-state index contributed by atoms with van der Waals surface area (Å²) in [5, 5.41) is 6.67. The summed E-state index contributed by atoms with van der Waals surface area (Å²) >= 11 is 1.71. The average molecular weight is 295 g/mol. The molecule has 0 fully saturated rings. The monoisotopic (exact) mass is 295 g/mol. The molecule has 1 aromatic rings. The molecule has 0 aliphatic heterocycles. The molecular formula is C14H25N5S. The third-order valence-corrected chi connectivity index (χ3v) is 3.41. The van der Waals surface area contributed by atoms with E-state index in [-0.39, 0.29) is 0 Å². The van der Waals surface area contributed by atoms with Gasteiger partial charge < -0.3 is 21.3 Å². The minimum Gasteiger partial charge on any atom is -0.355 e. The summed E-state index contributed by atoms with van der Waals surface area (Å²) in [4.78, 5) is 7.78. The summed E-state index contributed by atoms with van der Waals surface area (Å²) in [6, 6.07) is 8.19. The van der Waals surface area contributed by atoms with Crippen LogP contribution in [0.3, 0.4) is 0 Å². The number of nitrogens with zero attached hydrogens (tertiary/aromatic N) is 2. The van der Waals surface area contributed by atoms with Crippen molar-refractivity contribution in [2.75, 3.05) is 51.8 Å². The first-order chi connectivity index (χ1) is 9.67. The van der Waals surface area contributed by atoms with Crippen LogP contribution >= 0.6 is 11.8 Å². The van der Waals surface area contributed by atoms with Crippen molar-refractivity contribution in [2.45, 2.75) is 4.90 Å². The SMILES string of the molecule is CSc1ccccc1NC(=NCCN)NCCN(C)C. The van der Waals surface area contributed by atoms with Crippen molar-refractivity contribution < 1.29 is 0 Å². The molecule has 0 amide bonds. The quantitative estimate of drug-likeness (QED) is 0.402. The second-order valence-electron chi connectivity index (χ2n) is 4.57. The van der Waals surface area contributed by atoms with Crippen molar-refractivity contribution in [2.24, 2.45) is 10.7 Å². The van der Waals surface area contributed by atoms with E-state index in [4.69, 9.17) is 5.73 Å². The van der Waals surface area contributed by atoms with Crippen LogP contribution in [0, 0.1) is 0 Å². The maximum absolute atomic E-state index is 5.53. The molecule has 20 heavy (non-hydrogen) atoms. The summed E-state index contributed by atoms with van der Waals surface area (Å²) in [7, 11) is 4.10. The largest absolute Gasteiger partial charge is 0.355 e. The molecule has 0 aliphatic rings. The van der Waals surface area contributed by atoms with Gasteiger partial charge in [0, 0.05) is 24.5 Å². The Hall–Kier alpha value is -1.24. The molecular weight excluding hydrogens is 270 g/mol. The van der Waals surface area contributed by atoms with E-state index in [1.807, 2.05) is 12.1 Å². The molecule has 0 heterocycles. The van der Waals surface area contributed by atoms with Crippen molar-refractivity contribution in [3.8, 4) is 0 Å². The van der Waals surface area contributed by atoms with Crippen molar-refractivity contribution in [1.82, 2.24) is 10.2 Å². The molecule has 0 aliphatic carbocycles. The zero-order valence-corrected chi connectivity index (χ0v) is 13.3. The van der Waals surface area contributed by atoms with Gasteiger partial charge in [0.15, 0.2) is 5.96 Å². The van der Waals surface area contributed by atoms with Gasteiger partial charge in [-0.05, 0) is 32.5 Å². The number of rotatable bonds is 7. The highest BCUT2D eigenvalue weighted by atomic mass is 32.2. The smallest absolute Gasteiger partial charge is 0.195 e. The van der Waals surface area contributed by atoms with Crippen LogP contribution in [0.4, 0.5) is 5.69 Å². The van der Waals surface area contributed by atoms with Crippen molar-refractivity contribution in [1.29, 1.82) is 0 Å². The maximum Gasteiger partial charge on any atom is 0.195 e. The Bertz CT molecular complexity index is 420. The number of guanidine groups is 1. The van der Waals surface area contributed by atoms with E-state index in [1.165, 1.54) is 4.90 Å². The molecule has 4 N–H and O–H groups in total. The topological polar surface area (TPSA) is 65.7 Å². The first kappa shape index (κ1) is 16.8. The molecule has 0 saturated carbocycles. The molecule has 0 spiro atoms. The normalized spacial score (nSPS) is 11.8. The zero-order chi connectivity index (χ0) is 14.8. The van der Waals surface area contributed by atoms with Crippen LogP contribution in [0.2, 0.25) is 0 Å². The lowest BCUT2D eigenvalue weighted by atomic mass is 10.3. The Labute approximate surface area is 126 Å². The molecule has 6 heteroatoms. The second kappa shape index (κ2) is 9.63. The van der Waals surface area contributed by atoms with E-state index in [1.54, 1.807) is 11.8 Å². The number of benzene rings is 1. The average Bonchev–Trinajstić information content (AvgIpc) is 2.44. The van der Waals surface area contributed by atoms with Gasteiger partial charge in [0.1, 0.15) is 0 Å². The Balaban J connectivity index is 2.68. The van der Waals surface area contributed by atoms with E-state index in [2.05, 4.69) is 53.0 Å². The van der Waals surface area contributed by atoms with Crippen LogP contribution in [-0.2, 0) is 0 Å². The molecule has 5 nitrogen and oxygen atoms in total. The van der Waals surface area contributed by atoms with Crippen LogP contribution in [0.15, 0.2) is 34.2 Å². The molecule has 1 aromatic carbocycles. The fourth-order valence-electron chi connectivity index (χ4n) is 1.59. The van der Waals surface area contributed by atoms with Gasteiger partial charge in [-0.25, -0.2) is 0 Å². The molecule has 0 radical (unpaired) electrons. The number of likely N-dealkylation sites (N-methyl/N-ethyl adjacent to an activating group) is 1. The minimum absolute atomic E-state index is 0.546. The van der Waals surface area contributed by atoms with E-state index in [9.17, 15) is 0 Å². The van der Waals surface area contributed by atoms with Crippen LogP contribution in [-0.4, -0.2) is 57.4 Å². The first-order valence-corrected chi connectivity index (χ1v) is 7.93. The van der Waals surface area contributed by atoms with Crippen LogP contribution in [0.5, 0.6) is 0 Å². The molecule has 1 rings (SSSR count). The number of aliphatic imine (C=N–C) groups is 1. The van der Waals surface area contributed by atoms with Gasteiger partial charge in [0.2, 0.25) is 0 Å². The summed E-state index contributed by atoms with van der Waals surface area (Å²) in [6.07, 6.45) is 2.07. The van der Waals surface area contributed by atoms with Gasteiger partial charge in [0.05, 0.1) is 12.2 Å². The Morgan fingerprint density at radius 2 is 2.10 bits per heavy atom. The summed E-state index contributed by atoms with van der Waals surface area (Å²) < 4.78 is 0. The second-order valence-corrected chi connectivity index (χ2v) is 5.42. The van der Waals surface area contributed by atoms with Crippen molar-refractivity contribution in [3.05, 3.63) is 24.3 Å². The zero-order valence-electron chi connectivity index (χ0n) is 12.5. The maximum atomic E-state index is 5.53. The first-order valence-electron chi connectivity index (χ1n) is 6.70. The number of nitrogens with one attached hydrogen (secondary N) is 2. The van der Waals surface area contributed by atoms with Crippen LogP contribution in [0.25, 0.3) is 0 Å². The van der Waals surface area contributed by atoms with Gasteiger partial charge in [-0.15, -0.1) is 11.8 Å². The van der Waals surface area contributed by atoms with Crippen molar-refractivity contribution >= 4 is 23.4 Å². The van der Waals surface area contributed by atoms with Crippen LogP contribution < -0.4 is 16.4 Å². The van der Waals surface area contributed by atoms with E-state index >= 15 is 0 Å². The third-order valence-electron chi connectivity index (χ3n) is 2.61. The van der Waals surface area contributed by atoms with Gasteiger partial charge in [-0.3, -0.25) is 4.99 Å². The lowest BCUT2D eigenvalue weighted by Gasteiger charge is -2.16. The summed E-state index contributed by atoms with van der Waals surface area (Å²) in [5.74, 6) is 0.777. The number of para-hydroxylation sites is 1. The van der Waals surface area contributed by atoms with Gasteiger partial charge in [-0.2, -0.15) is 0 Å². The Morgan fingerprint density at radius 1 is 1.35 bits per heavy atom. The molecule has 0 unspecified atom stereocenters. The highest BCUT2D eigenvalue weighted by Gasteiger charge is 2.04. The van der Waals surface area contributed by atoms with E-state index < -0.39 is 0 Å². The Morgan fingerprint density at radius 3 is 2.75 bits per heavy atom. The molecule has 0 bridgehead atoms. The van der Waals surface area contributed by atoms with Gasteiger partial charge >= 0.3 is 0 Å². The highest BCUT2D eigenvalue weighted by molar-refractivity contribution is 7.98. The van der Waals surface area contributed by atoms with Crippen LogP contribution in [0.1, 0.15) is 0 Å². The standard InChI is InChI=1S/C14H25N5S/c1-19(2)11-10-17-14(16-9-8-15)18-12-6-4-5-7-13(12)20-3/h4-7H,8-11,15H2,1-3H3,(H2,16,17,18). The molecule has 0 atom stereocenters. The fourth-order valence-corrected chi connectivity index (χ4v) is 2.14. The van der Waals surface area contributed by atoms with Gasteiger partial charge in [-0.1, -0.05) is 12.1 Å². The molecule has 0 aromatic heterocycles. The number of hydrogen-bond acceptors (Lipinski definition) is 4. The highest BCUT2D eigenvalue weighted by Crippen LogP contribution is 2.24. The third kappa shape index (κ3) is 6.27. The van der Waals surface area contributed by atoms with Crippen molar-refractivity contribution in [3.63, 3.8) is 0 Å². The summed E-state index contributed by atoms with van der Waals surface area (Å²) in [6.45, 7) is 2.95. The lowest BCUT2D eigenvalue weighted by Crippen LogP contribution is -2.36. The predicted molar refractivity (Wildman–Crippen MR) is 89.8 cm³/mol. The van der Waals surface area contributed by atoms with E-state index in [0.717, 1.165) is 24.7 Å². The Kier molecular flexibility index (Phi) is 8.10. The van der Waals surface area contributed by atoms with E-state index in [0.29, 0.717) is 13.1 Å². The lowest BCUT2D eigenvalue weighted by molar-refractivity contribution is 0.412. The summed E-state index contributed by atoms with van der Waals surface area (Å²) in [5.41, 5.74) is 6.59. The number of anilines is 1. The minimum atomic E-state index is 0.546. The number of thioether (sulfide) groups is 1. The molecule has 112 valence electrons. The predicted octanol–water partition coefficient (Wildman–Crippen LogP) is 1.29. The fraction of sp³-hybridized carbons (Fsp3) is 0.500. The number of nitrogens with two attached hydrogens (primary N) is 1.